The number of rotatable bonds is 5. The molecule has 1 aromatic carbocycles. The zero-order valence-electron chi connectivity index (χ0n) is 8.10. The molecular weight excluding hydrogens is 282 g/mol. The quantitative estimate of drug-likeness (QED) is 0.451. The van der Waals surface area contributed by atoms with Gasteiger partial charge in [0.25, 0.3) is 0 Å². The van der Waals surface area contributed by atoms with E-state index in [1.165, 1.54) is 18.2 Å². The maximum Gasteiger partial charge on any atom is 0.164 e. The summed E-state index contributed by atoms with van der Waals surface area (Å²) in [6.45, 7) is 0. The molecular formula is C11H11BrClFO. The Balaban J connectivity index is 2.68. The van der Waals surface area contributed by atoms with Crippen LogP contribution in [0.1, 0.15) is 29.6 Å². The van der Waals surface area contributed by atoms with Gasteiger partial charge in [-0.05, 0) is 31.0 Å². The number of Topliss-reactive ketones (excluding diaryl/α,β-unsaturated/α-hetero) is 1. The Morgan fingerprint density at radius 2 is 2.13 bits per heavy atom. The Hall–Kier alpha value is -0.410. The van der Waals surface area contributed by atoms with E-state index in [0.29, 0.717) is 11.4 Å². The van der Waals surface area contributed by atoms with E-state index in [2.05, 4.69) is 15.9 Å². The van der Waals surface area contributed by atoms with Crippen LogP contribution in [0.3, 0.4) is 0 Å². The van der Waals surface area contributed by atoms with E-state index >= 15 is 0 Å². The van der Waals surface area contributed by atoms with Gasteiger partial charge in [0.15, 0.2) is 5.78 Å². The summed E-state index contributed by atoms with van der Waals surface area (Å²) in [7, 11) is 0. The number of halogens is 3. The zero-order chi connectivity index (χ0) is 11.3. The first-order valence-corrected chi connectivity index (χ1v) is 6.19. The van der Waals surface area contributed by atoms with Crippen LogP contribution in [-0.4, -0.2) is 11.1 Å². The number of carbonyl (C=O) groups excluding carboxylic acids is 1. The smallest absolute Gasteiger partial charge is 0.164 e. The molecule has 0 aromatic heterocycles. The lowest BCUT2D eigenvalue weighted by Crippen LogP contribution is -2.00. The van der Waals surface area contributed by atoms with Gasteiger partial charge in [-0.15, -0.1) is 0 Å². The van der Waals surface area contributed by atoms with Crippen LogP contribution in [0.5, 0.6) is 0 Å². The SMILES string of the molecule is O=C(CCCCBr)c1cc(F)ccc1Cl. The van der Waals surface area contributed by atoms with Crippen LogP contribution in [0.4, 0.5) is 4.39 Å². The monoisotopic (exact) mass is 292 g/mol. The normalized spacial score (nSPS) is 10.3. The van der Waals surface area contributed by atoms with Gasteiger partial charge in [-0.25, -0.2) is 4.39 Å². The lowest BCUT2D eigenvalue weighted by atomic mass is 10.1. The van der Waals surface area contributed by atoms with Gasteiger partial charge in [-0.1, -0.05) is 27.5 Å². The third-order valence-electron chi connectivity index (χ3n) is 2.02. The summed E-state index contributed by atoms with van der Waals surface area (Å²) in [5.74, 6) is -0.524. The standard InChI is InChI=1S/C11H11BrClFO/c12-6-2-1-3-11(15)9-7-8(14)4-5-10(9)13/h4-5,7H,1-3,6H2. The van der Waals surface area contributed by atoms with Crippen LogP contribution in [0.2, 0.25) is 5.02 Å². The number of hydrogen-bond acceptors (Lipinski definition) is 1. The maximum atomic E-state index is 12.9. The molecule has 1 aromatic rings. The van der Waals surface area contributed by atoms with Crippen molar-refractivity contribution < 1.29 is 9.18 Å². The fourth-order valence-corrected chi connectivity index (χ4v) is 1.85. The largest absolute Gasteiger partial charge is 0.294 e. The van der Waals surface area contributed by atoms with Crippen LogP contribution in [0.15, 0.2) is 18.2 Å². The Morgan fingerprint density at radius 1 is 1.40 bits per heavy atom. The molecule has 0 radical (unpaired) electrons. The second-order valence-corrected chi connectivity index (χ2v) is 4.39. The van der Waals surface area contributed by atoms with Crippen LogP contribution >= 0.6 is 27.5 Å². The third kappa shape index (κ3) is 3.92. The summed E-state index contributed by atoms with van der Waals surface area (Å²) < 4.78 is 12.9. The topological polar surface area (TPSA) is 17.1 Å². The average Bonchev–Trinajstić information content (AvgIpc) is 2.22. The summed E-state index contributed by atoms with van der Waals surface area (Å²) in [6.07, 6.45) is 2.13. The summed E-state index contributed by atoms with van der Waals surface area (Å²) in [5.41, 5.74) is 0.284. The molecule has 0 aliphatic heterocycles. The van der Waals surface area contributed by atoms with Crippen molar-refractivity contribution in [3.63, 3.8) is 0 Å². The van der Waals surface area contributed by atoms with E-state index in [0.717, 1.165) is 18.2 Å². The number of ketones is 1. The molecule has 0 aliphatic carbocycles. The van der Waals surface area contributed by atoms with Gasteiger partial charge >= 0.3 is 0 Å². The van der Waals surface area contributed by atoms with Gasteiger partial charge in [-0.2, -0.15) is 0 Å². The molecule has 1 rings (SSSR count). The molecule has 15 heavy (non-hydrogen) atoms. The highest BCUT2D eigenvalue weighted by atomic mass is 79.9. The Labute approximate surface area is 102 Å². The summed E-state index contributed by atoms with van der Waals surface area (Å²) >= 11 is 9.09. The van der Waals surface area contributed by atoms with Crippen molar-refractivity contribution in [3.8, 4) is 0 Å². The minimum absolute atomic E-state index is 0.0968. The van der Waals surface area contributed by atoms with E-state index < -0.39 is 5.82 Å². The van der Waals surface area contributed by atoms with Crippen molar-refractivity contribution in [2.24, 2.45) is 0 Å². The van der Waals surface area contributed by atoms with E-state index in [1.54, 1.807) is 0 Å². The molecule has 0 unspecified atom stereocenters. The molecule has 0 saturated carbocycles. The molecule has 1 nitrogen and oxygen atoms in total. The highest BCUT2D eigenvalue weighted by molar-refractivity contribution is 9.09. The van der Waals surface area contributed by atoms with Gasteiger partial charge in [0.05, 0.1) is 5.02 Å². The molecule has 0 atom stereocenters. The molecule has 0 aliphatic rings. The first kappa shape index (κ1) is 12.7. The highest BCUT2D eigenvalue weighted by Crippen LogP contribution is 2.19. The molecule has 0 amide bonds. The van der Waals surface area contributed by atoms with Crippen LogP contribution < -0.4 is 0 Å². The minimum Gasteiger partial charge on any atom is -0.294 e. The lowest BCUT2D eigenvalue weighted by Gasteiger charge is -2.03. The molecule has 0 saturated heterocycles. The van der Waals surface area contributed by atoms with Gasteiger partial charge in [0.2, 0.25) is 0 Å². The first-order valence-electron chi connectivity index (χ1n) is 4.69. The predicted octanol–water partition coefficient (Wildman–Crippen LogP) is 4.23. The fourth-order valence-electron chi connectivity index (χ4n) is 1.23. The molecule has 4 heteroatoms. The van der Waals surface area contributed by atoms with Crippen molar-refractivity contribution in [1.82, 2.24) is 0 Å². The second kappa shape index (κ2) is 6.23. The lowest BCUT2D eigenvalue weighted by molar-refractivity contribution is 0.0979. The van der Waals surface area contributed by atoms with E-state index in [9.17, 15) is 9.18 Å². The summed E-state index contributed by atoms with van der Waals surface area (Å²) in [6, 6.07) is 3.85. The molecule has 0 N–H and O–H groups in total. The third-order valence-corrected chi connectivity index (χ3v) is 2.91. The van der Waals surface area contributed by atoms with Crippen molar-refractivity contribution >= 4 is 33.3 Å². The predicted molar refractivity (Wildman–Crippen MR) is 63.4 cm³/mol. The number of alkyl halides is 1. The van der Waals surface area contributed by atoms with Crippen molar-refractivity contribution in [2.75, 3.05) is 5.33 Å². The molecule has 0 heterocycles. The average molecular weight is 294 g/mol. The first-order chi connectivity index (χ1) is 7.15. The molecule has 82 valence electrons. The zero-order valence-corrected chi connectivity index (χ0v) is 10.4. The number of carbonyl (C=O) groups is 1. The Bertz CT molecular complexity index is 354. The number of unbranched alkanes of at least 4 members (excludes halogenated alkanes) is 1. The van der Waals surface area contributed by atoms with Crippen molar-refractivity contribution in [1.29, 1.82) is 0 Å². The van der Waals surface area contributed by atoms with Crippen molar-refractivity contribution in [3.05, 3.63) is 34.6 Å². The van der Waals surface area contributed by atoms with Crippen molar-refractivity contribution in [2.45, 2.75) is 19.3 Å². The van der Waals surface area contributed by atoms with Crippen LogP contribution in [0.25, 0.3) is 0 Å². The molecule has 0 spiro atoms. The van der Waals surface area contributed by atoms with Gasteiger partial charge in [0.1, 0.15) is 5.82 Å². The number of hydrogen-bond donors (Lipinski definition) is 0. The maximum absolute atomic E-state index is 12.9. The highest BCUT2D eigenvalue weighted by Gasteiger charge is 2.10. The second-order valence-electron chi connectivity index (χ2n) is 3.19. The van der Waals surface area contributed by atoms with Gasteiger partial charge < -0.3 is 0 Å². The number of benzene rings is 1. The fraction of sp³-hybridized carbons (Fsp3) is 0.364. The van der Waals surface area contributed by atoms with Gasteiger partial charge in [-0.3, -0.25) is 4.79 Å². The van der Waals surface area contributed by atoms with E-state index in [1.807, 2.05) is 0 Å². The Kier molecular flexibility index (Phi) is 5.26. The van der Waals surface area contributed by atoms with E-state index in [-0.39, 0.29) is 11.3 Å². The molecule has 0 bridgehead atoms. The van der Waals surface area contributed by atoms with E-state index in [4.69, 9.17) is 11.6 Å². The molecule has 0 fully saturated rings. The van der Waals surface area contributed by atoms with Crippen LogP contribution in [-0.2, 0) is 0 Å². The minimum atomic E-state index is -0.428. The summed E-state index contributed by atoms with van der Waals surface area (Å²) in [5, 5.41) is 1.19. The Morgan fingerprint density at radius 3 is 2.80 bits per heavy atom. The van der Waals surface area contributed by atoms with Crippen LogP contribution in [0, 0.1) is 5.82 Å². The van der Waals surface area contributed by atoms with Gasteiger partial charge in [0, 0.05) is 17.3 Å². The summed E-state index contributed by atoms with van der Waals surface area (Å²) in [4.78, 5) is 11.6.